The number of halogens is 1. The number of imidazole rings is 1. The van der Waals surface area contributed by atoms with E-state index >= 15 is 0 Å². The number of hydrogen-bond acceptors (Lipinski definition) is 4. The largest absolute Gasteiger partial charge is 0.493 e. The number of rotatable bonds is 7. The number of aryl methyl sites for hydroxylation is 1. The molecule has 34 heavy (non-hydrogen) atoms. The molecule has 0 aliphatic rings. The Morgan fingerprint density at radius 2 is 1.91 bits per heavy atom. The van der Waals surface area contributed by atoms with Crippen molar-refractivity contribution < 1.29 is 13.9 Å². The third-order valence-electron chi connectivity index (χ3n) is 5.59. The number of nitrogens with one attached hydrogen (secondary N) is 2. The van der Waals surface area contributed by atoms with E-state index in [1.165, 1.54) is 12.1 Å². The van der Waals surface area contributed by atoms with Crippen molar-refractivity contribution in [2.45, 2.75) is 40.2 Å². The van der Waals surface area contributed by atoms with Gasteiger partial charge in [-0.2, -0.15) is 0 Å². The van der Waals surface area contributed by atoms with E-state index in [1.807, 2.05) is 26.8 Å². The molecule has 4 rings (SSSR count). The van der Waals surface area contributed by atoms with E-state index in [1.54, 1.807) is 41.9 Å². The van der Waals surface area contributed by atoms with E-state index in [0.29, 0.717) is 29.3 Å². The second-order valence-corrected chi connectivity index (χ2v) is 8.42. The highest BCUT2D eigenvalue weighted by molar-refractivity contribution is 5.95. The van der Waals surface area contributed by atoms with E-state index in [2.05, 4.69) is 15.3 Å². The standard InChI is InChI=1S/C26H27FN4O3/c1-5-34-23-10-16(4)30-25(32)20(23)13-28-26(33)22-12-18(17-6-8-19(27)9-7-17)11-21-24(15(2)3)29-14-31(21)22/h6-12,14-15H,5,13H2,1-4H3,(H,28,33)(H,30,32). The summed E-state index contributed by atoms with van der Waals surface area (Å²) in [7, 11) is 0. The number of ether oxygens (including phenoxy) is 1. The van der Waals surface area contributed by atoms with Crippen molar-refractivity contribution >= 4 is 11.4 Å². The van der Waals surface area contributed by atoms with Crippen molar-refractivity contribution in [2.24, 2.45) is 0 Å². The average molecular weight is 463 g/mol. The third-order valence-corrected chi connectivity index (χ3v) is 5.59. The van der Waals surface area contributed by atoms with Crippen LogP contribution in [0.4, 0.5) is 4.39 Å². The van der Waals surface area contributed by atoms with Crippen LogP contribution in [0.2, 0.25) is 0 Å². The summed E-state index contributed by atoms with van der Waals surface area (Å²) in [5.74, 6) is -0.115. The number of benzene rings is 1. The van der Waals surface area contributed by atoms with Crippen LogP contribution >= 0.6 is 0 Å². The molecule has 0 unspecified atom stereocenters. The predicted octanol–water partition coefficient (Wildman–Crippen LogP) is 4.59. The van der Waals surface area contributed by atoms with Crippen molar-refractivity contribution in [1.82, 2.24) is 19.7 Å². The van der Waals surface area contributed by atoms with Gasteiger partial charge in [0.25, 0.3) is 11.5 Å². The molecule has 1 amide bonds. The molecule has 1 aromatic carbocycles. The Hall–Kier alpha value is -3.94. The minimum Gasteiger partial charge on any atom is -0.493 e. The van der Waals surface area contributed by atoms with Gasteiger partial charge in [-0.05, 0) is 61.2 Å². The Morgan fingerprint density at radius 1 is 1.18 bits per heavy atom. The van der Waals surface area contributed by atoms with Crippen LogP contribution < -0.4 is 15.6 Å². The fourth-order valence-electron chi connectivity index (χ4n) is 3.94. The fraction of sp³-hybridized carbons (Fsp3) is 0.269. The topological polar surface area (TPSA) is 88.5 Å². The van der Waals surface area contributed by atoms with Crippen LogP contribution in [0.15, 0.2) is 53.6 Å². The van der Waals surface area contributed by atoms with Gasteiger partial charge in [-0.25, -0.2) is 9.37 Å². The van der Waals surface area contributed by atoms with Crippen LogP contribution in [0.5, 0.6) is 5.75 Å². The molecule has 176 valence electrons. The van der Waals surface area contributed by atoms with Crippen LogP contribution in [-0.2, 0) is 6.54 Å². The average Bonchev–Trinajstić information content (AvgIpc) is 3.22. The molecule has 0 aliphatic heterocycles. The summed E-state index contributed by atoms with van der Waals surface area (Å²) < 4.78 is 20.8. The van der Waals surface area contributed by atoms with Gasteiger partial charge >= 0.3 is 0 Å². The first-order chi connectivity index (χ1) is 16.3. The minimum atomic E-state index is -0.371. The number of carbonyl (C=O) groups excluding carboxylic acids is 1. The van der Waals surface area contributed by atoms with E-state index in [0.717, 1.165) is 22.3 Å². The van der Waals surface area contributed by atoms with Crippen LogP contribution in [0.25, 0.3) is 16.6 Å². The van der Waals surface area contributed by atoms with Gasteiger partial charge < -0.3 is 15.0 Å². The van der Waals surface area contributed by atoms with Crippen molar-refractivity contribution in [1.29, 1.82) is 0 Å². The van der Waals surface area contributed by atoms with Gasteiger partial charge in [0.2, 0.25) is 0 Å². The molecule has 3 aromatic heterocycles. The number of pyridine rings is 2. The normalized spacial score (nSPS) is 11.2. The fourth-order valence-corrected chi connectivity index (χ4v) is 3.94. The molecule has 4 aromatic rings. The maximum Gasteiger partial charge on any atom is 0.268 e. The molecule has 0 saturated heterocycles. The summed E-state index contributed by atoms with van der Waals surface area (Å²) in [4.78, 5) is 33.1. The lowest BCUT2D eigenvalue weighted by Gasteiger charge is -2.13. The van der Waals surface area contributed by atoms with Gasteiger partial charge in [-0.3, -0.25) is 14.0 Å². The summed E-state index contributed by atoms with van der Waals surface area (Å²) in [6, 6.07) is 11.6. The van der Waals surface area contributed by atoms with Crippen molar-refractivity contribution in [2.75, 3.05) is 6.61 Å². The number of nitrogens with zero attached hydrogens (tertiary/aromatic N) is 2. The molecule has 7 nitrogen and oxygen atoms in total. The first-order valence-electron chi connectivity index (χ1n) is 11.2. The lowest BCUT2D eigenvalue weighted by Crippen LogP contribution is -2.29. The minimum absolute atomic E-state index is 0.00220. The molecule has 2 N–H and O–H groups in total. The highest BCUT2D eigenvalue weighted by atomic mass is 19.1. The third kappa shape index (κ3) is 4.57. The monoisotopic (exact) mass is 462 g/mol. The zero-order chi connectivity index (χ0) is 24.4. The Morgan fingerprint density at radius 3 is 2.59 bits per heavy atom. The second kappa shape index (κ2) is 9.51. The maximum absolute atomic E-state index is 13.5. The lowest BCUT2D eigenvalue weighted by atomic mass is 10.0. The second-order valence-electron chi connectivity index (χ2n) is 8.42. The SMILES string of the molecule is CCOc1cc(C)[nH]c(=O)c1CNC(=O)c1cc(-c2ccc(F)cc2)cc2c(C(C)C)ncn12. The van der Waals surface area contributed by atoms with E-state index < -0.39 is 0 Å². The van der Waals surface area contributed by atoms with Crippen LogP contribution in [0.3, 0.4) is 0 Å². The molecule has 0 bridgehead atoms. The molecule has 0 fully saturated rings. The van der Waals surface area contributed by atoms with E-state index in [-0.39, 0.29) is 29.7 Å². The number of aromatic nitrogens is 3. The Labute approximate surface area is 196 Å². The summed E-state index contributed by atoms with van der Waals surface area (Å²) in [5.41, 5.74) is 4.27. The molecule has 0 spiro atoms. The Balaban J connectivity index is 1.74. The quantitative estimate of drug-likeness (QED) is 0.421. The number of amides is 1. The zero-order valence-corrected chi connectivity index (χ0v) is 19.6. The van der Waals surface area contributed by atoms with Crippen LogP contribution in [0, 0.1) is 12.7 Å². The summed E-state index contributed by atoms with van der Waals surface area (Å²) in [5, 5.41) is 2.85. The molecule has 8 heteroatoms. The Kier molecular flexibility index (Phi) is 6.49. The highest BCUT2D eigenvalue weighted by Crippen LogP contribution is 2.28. The number of fused-ring (bicyclic) bond motifs is 1. The van der Waals surface area contributed by atoms with Gasteiger partial charge in [0, 0.05) is 5.69 Å². The summed E-state index contributed by atoms with van der Waals surface area (Å²) in [6.45, 7) is 8.07. The number of hydrogen-bond donors (Lipinski definition) is 2. The maximum atomic E-state index is 13.5. The van der Waals surface area contributed by atoms with Crippen LogP contribution in [0.1, 0.15) is 54.1 Å². The van der Waals surface area contributed by atoms with Crippen molar-refractivity contribution in [3.05, 3.63) is 87.6 Å². The van der Waals surface area contributed by atoms with Crippen molar-refractivity contribution in [3.8, 4) is 16.9 Å². The zero-order valence-electron chi connectivity index (χ0n) is 19.6. The Bertz CT molecular complexity index is 1400. The van der Waals surface area contributed by atoms with Gasteiger partial charge in [0.15, 0.2) is 0 Å². The van der Waals surface area contributed by atoms with Crippen molar-refractivity contribution in [3.63, 3.8) is 0 Å². The first kappa shape index (κ1) is 23.2. The van der Waals surface area contributed by atoms with Crippen LogP contribution in [-0.4, -0.2) is 26.9 Å². The number of aromatic amines is 1. The molecular weight excluding hydrogens is 435 g/mol. The predicted molar refractivity (Wildman–Crippen MR) is 129 cm³/mol. The van der Waals surface area contributed by atoms with E-state index in [9.17, 15) is 14.0 Å². The molecule has 0 aliphatic carbocycles. The van der Waals surface area contributed by atoms with Gasteiger partial charge in [0.05, 0.1) is 29.9 Å². The van der Waals surface area contributed by atoms with E-state index in [4.69, 9.17) is 4.74 Å². The van der Waals surface area contributed by atoms with Gasteiger partial charge in [0.1, 0.15) is 23.6 Å². The lowest BCUT2D eigenvalue weighted by molar-refractivity contribution is 0.0944. The first-order valence-corrected chi connectivity index (χ1v) is 11.2. The summed E-state index contributed by atoms with van der Waals surface area (Å²) >= 11 is 0. The van der Waals surface area contributed by atoms with Gasteiger partial charge in [-0.1, -0.05) is 26.0 Å². The highest BCUT2D eigenvalue weighted by Gasteiger charge is 2.19. The summed E-state index contributed by atoms with van der Waals surface area (Å²) in [6.07, 6.45) is 1.62. The molecule has 0 saturated carbocycles. The molecule has 3 heterocycles. The molecule has 0 atom stereocenters. The number of H-pyrrole nitrogens is 1. The van der Waals surface area contributed by atoms with Gasteiger partial charge in [-0.15, -0.1) is 0 Å². The molecular formula is C26H27FN4O3. The number of carbonyl (C=O) groups is 1. The smallest absolute Gasteiger partial charge is 0.268 e. The molecule has 0 radical (unpaired) electrons.